The summed E-state index contributed by atoms with van der Waals surface area (Å²) >= 11 is 0. The fraction of sp³-hybridized carbons (Fsp3) is 0.588. The molecule has 1 saturated carbocycles. The molecule has 4 heteroatoms. The maximum Gasteiger partial charge on any atom is 0.253 e. The number of amides is 1. The fourth-order valence-corrected chi connectivity index (χ4v) is 2.97. The minimum atomic E-state index is -0.470. The Morgan fingerprint density at radius 2 is 1.95 bits per heavy atom. The van der Waals surface area contributed by atoms with Gasteiger partial charge in [-0.05, 0) is 18.4 Å². The topological polar surface area (TPSA) is 50.4 Å². The number of benzene rings is 1. The number of rotatable bonds is 6. The van der Waals surface area contributed by atoms with Crippen molar-refractivity contribution >= 4 is 5.91 Å². The Balaban J connectivity index is 1.63. The molecule has 1 atom stereocenters. The van der Waals surface area contributed by atoms with Gasteiger partial charge in [-0.3, -0.25) is 4.79 Å². The second-order valence-corrected chi connectivity index (χ2v) is 6.10. The molecule has 1 saturated heterocycles. The summed E-state index contributed by atoms with van der Waals surface area (Å²) < 4.78 is 6.12. The quantitative estimate of drug-likeness (QED) is 0.842. The van der Waals surface area contributed by atoms with Crippen molar-refractivity contribution in [1.29, 1.82) is 0 Å². The predicted octanol–water partition coefficient (Wildman–Crippen LogP) is 2.02. The third-order valence-electron chi connectivity index (χ3n) is 4.40. The van der Waals surface area contributed by atoms with E-state index in [1.807, 2.05) is 30.3 Å². The fourth-order valence-electron chi connectivity index (χ4n) is 2.97. The first kappa shape index (κ1) is 14.5. The highest BCUT2D eigenvalue weighted by Gasteiger charge is 2.28. The first-order valence-electron chi connectivity index (χ1n) is 8.02. The van der Waals surface area contributed by atoms with Crippen LogP contribution in [0.4, 0.5) is 0 Å². The average Bonchev–Trinajstić information content (AvgIpc) is 2.97. The molecule has 1 heterocycles. The molecule has 114 valence electrons. The lowest BCUT2D eigenvalue weighted by Gasteiger charge is -2.28. The second-order valence-electron chi connectivity index (χ2n) is 6.10. The first-order chi connectivity index (χ1) is 10.3. The van der Waals surface area contributed by atoms with Crippen LogP contribution in [0.2, 0.25) is 0 Å². The van der Waals surface area contributed by atoms with Crippen molar-refractivity contribution in [3.8, 4) is 0 Å². The Morgan fingerprint density at radius 3 is 2.57 bits per heavy atom. The summed E-state index contributed by atoms with van der Waals surface area (Å²) in [5, 5.41) is 6.28. The van der Waals surface area contributed by atoms with Crippen LogP contribution in [-0.2, 0) is 9.53 Å². The van der Waals surface area contributed by atoms with Crippen molar-refractivity contribution in [2.45, 2.75) is 37.9 Å². The number of carbonyl (C=O) groups excluding carboxylic acids is 1. The summed E-state index contributed by atoms with van der Waals surface area (Å²) in [5.41, 5.74) is 0.952. The molecule has 1 aromatic rings. The number of ether oxygens (including phenoxy) is 1. The van der Waals surface area contributed by atoms with Crippen LogP contribution in [0.5, 0.6) is 0 Å². The van der Waals surface area contributed by atoms with Crippen LogP contribution < -0.4 is 10.6 Å². The lowest BCUT2D eigenvalue weighted by atomic mass is 10.0. The minimum absolute atomic E-state index is 0.000000000000000222. The van der Waals surface area contributed by atoms with Gasteiger partial charge < -0.3 is 15.4 Å². The van der Waals surface area contributed by atoms with Crippen LogP contribution in [0.15, 0.2) is 30.3 Å². The van der Waals surface area contributed by atoms with Crippen LogP contribution in [0.3, 0.4) is 0 Å². The van der Waals surface area contributed by atoms with Crippen LogP contribution in [0, 0.1) is 5.92 Å². The molecule has 21 heavy (non-hydrogen) atoms. The van der Waals surface area contributed by atoms with Gasteiger partial charge in [0.05, 0.1) is 6.10 Å². The van der Waals surface area contributed by atoms with Crippen LogP contribution >= 0.6 is 0 Å². The Kier molecular flexibility index (Phi) is 4.88. The number of hydrogen-bond donors (Lipinski definition) is 2. The second kappa shape index (κ2) is 7.05. The van der Waals surface area contributed by atoms with Gasteiger partial charge in [0.25, 0.3) is 5.91 Å². The Morgan fingerprint density at radius 1 is 1.24 bits per heavy atom. The highest BCUT2D eigenvalue weighted by atomic mass is 16.5. The predicted molar refractivity (Wildman–Crippen MR) is 81.9 cm³/mol. The van der Waals surface area contributed by atoms with E-state index in [9.17, 15) is 4.79 Å². The third-order valence-corrected chi connectivity index (χ3v) is 4.40. The summed E-state index contributed by atoms with van der Waals surface area (Å²) in [4.78, 5) is 12.5. The molecule has 1 aliphatic carbocycles. The van der Waals surface area contributed by atoms with Crippen molar-refractivity contribution in [3.63, 3.8) is 0 Å². The standard InChI is InChI=1S/C17H24N2O2/c20-17(19-12-13-10-18-11-13)16(14-6-2-1-3-7-14)21-15-8-4-5-9-15/h1-3,6-7,13,15-16,18H,4-5,8-12H2,(H,19,20). The zero-order valence-electron chi connectivity index (χ0n) is 12.4. The zero-order chi connectivity index (χ0) is 14.5. The minimum Gasteiger partial charge on any atom is -0.360 e. The highest BCUT2D eigenvalue weighted by molar-refractivity contribution is 5.82. The third kappa shape index (κ3) is 3.83. The van der Waals surface area contributed by atoms with E-state index in [4.69, 9.17) is 4.74 Å². The van der Waals surface area contributed by atoms with Gasteiger partial charge in [-0.2, -0.15) is 0 Å². The smallest absolute Gasteiger partial charge is 0.253 e. The summed E-state index contributed by atoms with van der Waals surface area (Å²) in [6.45, 7) is 2.74. The largest absolute Gasteiger partial charge is 0.360 e. The SMILES string of the molecule is O=C(NCC1CNC1)C(OC1CCCC1)c1ccccc1. The van der Waals surface area contributed by atoms with E-state index in [1.54, 1.807) is 0 Å². The molecule has 1 unspecified atom stereocenters. The van der Waals surface area contributed by atoms with E-state index in [-0.39, 0.29) is 12.0 Å². The summed E-state index contributed by atoms with van der Waals surface area (Å²) in [6, 6.07) is 9.84. The molecule has 2 fully saturated rings. The molecule has 4 nitrogen and oxygen atoms in total. The molecule has 0 radical (unpaired) electrons. The Labute approximate surface area is 126 Å². The Hall–Kier alpha value is -1.39. The zero-order valence-corrected chi connectivity index (χ0v) is 12.4. The molecule has 0 spiro atoms. The average molecular weight is 288 g/mol. The van der Waals surface area contributed by atoms with Crippen LogP contribution in [0.1, 0.15) is 37.4 Å². The van der Waals surface area contributed by atoms with Crippen LogP contribution in [-0.4, -0.2) is 31.6 Å². The molecule has 0 bridgehead atoms. The van der Waals surface area contributed by atoms with Gasteiger partial charge in [0.2, 0.25) is 0 Å². The van der Waals surface area contributed by atoms with Crippen molar-refractivity contribution < 1.29 is 9.53 Å². The van der Waals surface area contributed by atoms with Gasteiger partial charge in [-0.1, -0.05) is 43.2 Å². The van der Waals surface area contributed by atoms with Crippen molar-refractivity contribution in [2.24, 2.45) is 5.92 Å². The molecule has 0 aromatic heterocycles. The van der Waals surface area contributed by atoms with E-state index in [1.165, 1.54) is 12.8 Å². The highest BCUT2D eigenvalue weighted by Crippen LogP contribution is 2.28. The molecule has 1 aromatic carbocycles. The lowest BCUT2D eigenvalue weighted by molar-refractivity contribution is -0.137. The maximum atomic E-state index is 12.5. The summed E-state index contributed by atoms with van der Waals surface area (Å²) in [7, 11) is 0. The number of hydrogen-bond acceptors (Lipinski definition) is 3. The maximum absolute atomic E-state index is 12.5. The molecule has 2 aliphatic rings. The number of carbonyl (C=O) groups is 1. The molecule has 1 amide bonds. The van der Waals surface area contributed by atoms with E-state index >= 15 is 0 Å². The van der Waals surface area contributed by atoms with Gasteiger partial charge in [0.15, 0.2) is 6.10 Å². The molecule has 2 N–H and O–H groups in total. The van der Waals surface area contributed by atoms with Crippen LogP contribution in [0.25, 0.3) is 0 Å². The molecule has 3 rings (SSSR count). The van der Waals surface area contributed by atoms with Gasteiger partial charge in [0, 0.05) is 25.6 Å². The van der Waals surface area contributed by atoms with Crippen molar-refractivity contribution in [2.75, 3.05) is 19.6 Å². The van der Waals surface area contributed by atoms with E-state index in [0.29, 0.717) is 5.92 Å². The summed E-state index contributed by atoms with van der Waals surface area (Å²) in [6.07, 6.45) is 4.32. The van der Waals surface area contributed by atoms with Crippen molar-refractivity contribution in [1.82, 2.24) is 10.6 Å². The summed E-state index contributed by atoms with van der Waals surface area (Å²) in [5.74, 6) is 0.567. The van der Waals surface area contributed by atoms with E-state index < -0.39 is 6.10 Å². The van der Waals surface area contributed by atoms with E-state index in [0.717, 1.165) is 38.0 Å². The normalized spacial score (nSPS) is 21.0. The van der Waals surface area contributed by atoms with E-state index in [2.05, 4.69) is 10.6 Å². The van der Waals surface area contributed by atoms with Gasteiger partial charge in [0.1, 0.15) is 0 Å². The number of nitrogens with one attached hydrogen (secondary N) is 2. The monoisotopic (exact) mass is 288 g/mol. The molecular weight excluding hydrogens is 264 g/mol. The van der Waals surface area contributed by atoms with Gasteiger partial charge >= 0.3 is 0 Å². The molecule has 1 aliphatic heterocycles. The Bertz CT molecular complexity index is 453. The van der Waals surface area contributed by atoms with Crippen molar-refractivity contribution in [3.05, 3.63) is 35.9 Å². The molecular formula is C17H24N2O2. The van der Waals surface area contributed by atoms with Gasteiger partial charge in [-0.25, -0.2) is 0 Å². The first-order valence-corrected chi connectivity index (χ1v) is 8.02. The lowest BCUT2D eigenvalue weighted by Crippen LogP contribution is -2.49. The van der Waals surface area contributed by atoms with Gasteiger partial charge in [-0.15, -0.1) is 0 Å².